The number of hydrogen-bond acceptors (Lipinski definition) is 13. The van der Waals surface area contributed by atoms with E-state index in [1.165, 1.54) is 17.5 Å². The predicted octanol–water partition coefficient (Wildman–Crippen LogP) is -0.755. The lowest BCUT2D eigenvalue weighted by atomic mass is 9.99. The molecule has 1 aliphatic heterocycles. The molecular formula is C18H17N5O11S2. The third-order valence-corrected chi connectivity index (χ3v) is 5.97. The van der Waals surface area contributed by atoms with E-state index in [4.69, 9.17) is 20.3 Å². The molecule has 0 saturated carbocycles. The zero-order valence-electron chi connectivity index (χ0n) is 17.8. The van der Waals surface area contributed by atoms with E-state index in [9.17, 15) is 32.1 Å². The number of oxime groups is 1. The van der Waals surface area contributed by atoms with Crippen LogP contribution < -0.4 is 15.8 Å². The summed E-state index contributed by atoms with van der Waals surface area (Å²) >= 11 is 0.920. The van der Waals surface area contributed by atoms with Gasteiger partial charge in [0.2, 0.25) is 6.61 Å². The number of amides is 2. The van der Waals surface area contributed by atoms with E-state index in [1.807, 2.05) is 0 Å². The Labute approximate surface area is 206 Å². The number of aromatic nitrogens is 1. The number of carbonyl (C=O) groups is 4. The van der Waals surface area contributed by atoms with Crippen molar-refractivity contribution >= 4 is 56.4 Å². The highest BCUT2D eigenvalue weighted by molar-refractivity contribution is 7.84. The highest BCUT2D eigenvalue weighted by atomic mass is 32.2. The molecule has 2 atom stereocenters. The number of thiazole rings is 1. The third-order valence-electron chi connectivity index (χ3n) is 4.34. The summed E-state index contributed by atoms with van der Waals surface area (Å²) in [5.41, 5.74) is 4.83. The number of carboxylic acid groups (broad SMARTS) is 1. The molecule has 5 N–H and O–H groups in total. The summed E-state index contributed by atoms with van der Waals surface area (Å²) in [4.78, 5) is 56.2. The number of carbonyl (C=O) groups excluding carboxylic acids is 3. The van der Waals surface area contributed by atoms with E-state index >= 15 is 0 Å². The van der Waals surface area contributed by atoms with Gasteiger partial charge >= 0.3 is 22.4 Å². The highest BCUT2D eigenvalue weighted by Gasteiger charge is 2.55. The summed E-state index contributed by atoms with van der Waals surface area (Å²) in [6.07, 6.45) is -1.25. The molecule has 0 radical (unpaired) electrons. The average molecular weight is 543 g/mol. The summed E-state index contributed by atoms with van der Waals surface area (Å²) in [5, 5.41) is 15.6. The molecule has 36 heavy (non-hydrogen) atoms. The van der Waals surface area contributed by atoms with Gasteiger partial charge < -0.3 is 30.5 Å². The molecule has 18 heteroatoms. The molecule has 1 saturated heterocycles. The Morgan fingerprint density at radius 2 is 1.94 bits per heavy atom. The lowest BCUT2D eigenvalue weighted by molar-refractivity contribution is -0.146. The number of aliphatic carboxylic acids is 1. The smallest absolute Gasteiger partial charge is 0.479 e. The first-order valence-corrected chi connectivity index (χ1v) is 11.9. The molecule has 1 aromatic carbocycles. The van der Waals surface area contributed by atoms with Crippen molar-refractivity contribution in [1.82, 2.24) is 14.6 Å². The van der Waals surface area contributed by atoms with Crippen molar-refractivity contribution in [2.75, 3.05) is 18.9 Å². The molecule has 1 aromatic heterocycles. The molecular weight excluding hydrogens is 526 g/mol. The monoisotopic (exact) mass is 543 g/mol. The summed E-state index contributed by atoms with van der Waals surface area (Å²) < 4.78 is 42.3. The number of nitrogens with zero attached hydrogens (tertiary/aromatic N) is 3. The molecule has 0 spiro atoms. The zero-order chi connectivity index (χ0) is 26.5. The number of β-lactam (4-membered cyclic amide) rings is 1. The van der Waals surface area contributed by atoms with Crippen LogP contribution in [-0.4, -0.2) is 82.3 Å². The van der Waals surface area contributed by atoms with E-state index in [0.717, 1.165) is 11.3 Å². The van der Waals surface area contributed by atoms with Crippen molar-refractivity contribution < 1.29 is 51.6 Å². The molecule has 2 aromatic rings. The highest BCUT2D eigenvalue weighted by Crippen LogP contribution is 2.25. The van der Waals surface area contributed by atoms with Crippen LogP contribution in [0.1, 0.15) is 5.69 Å². The second-order valence-corrected chi connectivity index (χ2v) is 8.96. The van der Waals surface area contributed by atoms with Crippen molar-refractivity contribution in [3.05, 3.63) is 41.4 Å². The number of carboxylic acids is 1. The van der Waals surface area contributed by atoms with Gasteiger partial charge in [0.15, 0.2) is 10.8 Å². The van der Waals surface area contributed by atoms with Crippen molar-refractivity contribution in [2.45, 2.75) is 12.1 Å². The normalized spacial score (nSPS) is 17.6. The Hall–Kier alpha value is -4.29. The fourth-order valence-electron chi connectivity index (χ4n) is 2.86. The first-order valence-electron chi connectivity index (χ1n) is 9.61. The Balaban J connectivity index is 1.74. The van der Waals surface area contributed by atoms with Gasteiger partial charge in [-0.15, -0.1) is 11.3 Å². The largest absolute Gasteiger partial charge is 0.513 e. The summed E-state index contributed by atoms with van der Waals surface area (Å²) in [7, 11) is -5.08. The van der Waals surface area contributed by atoms with E-state index in [2.05, 4.69) is 20.3 Å². The number of para-hydroxylation sites is 1. The molecule has 2 heterocycles. The van der Waals surface area contributed by atoms with E-state index in [1.54, 1.807) is 18.2 Å². The minimum Gasteiger partial charge on any atom is -0.479 e. The molecule has 16 nitrogen and oxygen atoms in total. The minimum atomic E-state index is -5.08. The third kappa shape index (κ3) is 6.43. The maximum Gasteiger partial charge on any atom is 0.513 e. The fourth-order valence-corrected chi connectivity index (χ4v) is 4.27. The van der Waals surface area contributed by atoms with Gasteiger partial charge in [-0.1, -0.05) is 23.4 Å². The van der Waals surface area contributed by atoms with Crippen LogP contribution in [0.5, 0.6) is 5.75 Å². The van der Waals surface area contributed by atoms with Crippen LogP contribution in [0.2, 0.25) is 0 Å². The van der Waals surface area contributed by atoms with Crippen molar-refractivity contribution in [1.29, 1.82) is 0 Å². The number of nitrogen functional groups attached to an aromatic ring is 1. The number of nitrogens with one attached hydrogen (secondary N) is 1. The van der Waals surface area contributed by atoms with Gasteiger partial charge in [-0.05, 0) is 12.1 Å². The number of rotatable bonds is 10. The van der Waals surface area contributed by atoms with Crippen LogP contribution in [0.4, 0.5) is 9.93 Å². The molecule has 3 rings (SSSR count). The average Bonchev–Trinajstić information content (AvgIpc) is 3.22. The molecule has 2 unspecified atom stereocenters. The molecule has 0 bridgehead atoms. The van der Waals surface area contributed by atoms with Crippen LogP contribution >= 0.6 is 11.3 Å². The van der Waals surface area contributed by atoms with Gasteiger partial charge in [0.05, 0.1) is 0 Å². The summed E-state index contributed by atoms with van der Waals surface area (Å²) in [6, 6.07) is 4.55. The topological polar surface area (TPSA) is 237 Å². The van der Waals surface area contributed by atoms with Crippen LogP contribution in [0.3, 0.4) is 0 Å². The zero-order valence-corrected chi connectivity index (χ0v) is 19.5. The second kappa shape index (κ2) is 11.0. The number of ether oxygens (including phenoxy) is 2. The van der Waals surface area contributed by atoms with Gasteiger partial charge in [0, 0.05) is 5.38 Å². The van der Waals surface area contributed by atoms with Crippen LogP contribution in [-0.2, 0) is 34.3 Å². The SMILES string of the molecule is Nc1nc(C(=NOCC(=O)O)C(=O)NC2C(=O)N(S(=O)(=O)O)C2COC(=O)Oc2ccccc2)cs1. The van der Waals surface area contributed by atoms with Gasteiger partial charge in [-0.2, -0.15) is 8.42 Å². The summed E-state index contributed by atoms with van der Waals surface area (Å²) in [5.74, 6) is -3.65. The van der Waals surface area contributed by atoms with Crippen molar-refractivity contribution in [3.63, 3.8) is 0 Å². The molecule has 0 aliphatic carbocycles. The van der Waals surface area contributed by atoms with Crippen LogP contribution in [0.15, 0.2) is 40.9 Å². The molecule has 192 valence electrons. The van der Waals surface area contributed by atoms with E-state index < -0.39 is 65.3 Å². The Morgan fingerprint density at radius 1 is 1.25 bits per heavy atom. The van der Waals surface area contributed by atoms with Gasteiger partial charge in [0.1, 0.15) is 30.1 Å². The maximum absolute atomic E-state index is 12.8. The van der Waals surface area contributed by atoms with Crippen molar-refractivity contribution in [2.24, 2.45) is 5.16 Å². The lowest BCUT2D eigenvalue weighted by Crippen LogP contribution is -2.73. The Bertz CT molecular complexity index is 1300. The van der Waals surface area contributed by atoms with Gasteiger partial charge in [-0.25, -0.2) is 18.9 Å². The summed E-state index contributed by atoms with van der Waals surface area (Å²) in [6.45, 7) is -1.71. The standard InChI is InChI=1S/C18H17N5O11S2/c19-17-20-10(8-35-17)13(22-33-7-12(24)25)15(26)21-14-11(23(16(14)27)36(29,30)31)6-32-18(28)34-9-4-2-1-3-5-9/h1-5,8,11,14H,6-7H2,(H2,19,20)(H,21,26)(H,24,25)(H,29,30,31). The van der Waals surface area contributed by atoms with Gasteiger partial charge in [-0.3, -0.25) is 14.1 Å². The van der Waals surface area contributed by atoms with Crippen LogP contribution in [0.25, 0.3) is 0 Å². The van der Waals surface area contributed by atoms with E-state index in [0.29, 0.717) is 0 Å². The molecule has 1 fully saturated rings. The maximum atomic E-state index is 12.8. The first-order chi connectivity index (χ1) is 17.0. The van der Waals surface area contributed by atoms with Gasteiger partial charge in [0.25, 0.3) is 11.8 Å². The number of hydrogen-bond donors (Lipinski definition) is 4. The number of nitrogens with two attached hydrogens (primary N) is 1. The number of benzene rings is 1. The second-order valence-electron chi connectivity index (χ2n) is 6.78. The molecule has 2 amide bonds. The lowest BCUT2D eigenvalue weighted by Gasteiger charge is -2.43. The minimum absolute atomic E-state index is 0.00627. The van der Waals surface area contributed by atoms with Crippen molar-refractivity contribution in [3.8, 4) is 5.75 Å². The Morgan fingerprint density at radius 3 is 2.53 bits per heavy atom. The Kier molecular flexibility index (Phi) is 8.02. The quantitative estimate of drug-likeness (QED) is 0.0721. The first kappa shape index (κ1) is 26.3. The van der Waals surface area contributed by atoms with Crippen LogP contribution in [0, 0.1) is 0 Å². The van der Waals surface area contributed by atoms with E-state index in [-0.39, 0.29) is 20.9 Å². The molecule has 1 aliphatic rings. The fraction of sp³-hybridized carbons (Fsp3) is 0.222. The predicted molar refractivity (Wildman–Crippen MR) is 119 cm³/mol. The number of anilines is 1.